The fraction of sp³-hybridized carbons (Fsp3) is 0. The molecule has 0 N–H and O–H groups in total. The van der Waals surface area contributed by atoms with E-state index in [0.29, 0.717) is 5.58 Å². The molecule has 0 fully saturated rings. The molecule has 0 saturated heterocycles. The lowest BCUT2D eigenvalue weighted by atomic mass is 10.0. The number of hydrogen-bond acceptors (Lipinski definition) is 4. The molecule has 0 bridgehead atoms. The largest absolute Gasteiger partial charge is 0.423 e. The van der Waals surface area contributed by atoms with Gasteiger partial charge in [0, 0.05) is 32.3 Å². The Morgan fingerprint density at radius 1 is 0.810 bits per heavy atom. The molecule has 0 unspecified atom stereocenters. The third-order valence-corrected chi connectivity index (χ3v) is 5.14. The van der Waals surface area contributed by atoms with Crippen LogP contribution in [-0.4, -0.2) is 0 Å². The van der Waals surface area contributed by atoms with Crippen LogP contribution in [0.2, 0.25) is 0 Å². The van der Waals surface area contributed by atoms with Gasteiger partial charge in [0.25, 0.3) is 0 Å². The number of fused-ring (bicyclic) bond motifs is 1. The standard InChI is InChI=1S/C17H10O2S2/c18-17-6-5-11-9-12(15-3-1-7-20-15)13(10-14(11)19-17)16-4-2-8-21-16/h1-10H. The number of thiophene rings is 2. The summed E-state index contributed by atoms with van der Waals surface area (Å²) in [6, 6.07) is 15.6. The van der Waals surface area contributed by atoms with E-state index >= 15 is 0 Å². The van der Waals surface area contributed by atoms with Crippen molar-refractivity contribution in [2.45, 2.75) is 0 Å². The zero-order chi connectivity index (χ0) is 14.2. The summed E-state index contributed by atoms with van der Waals surface area (Å²) in [6.45, 7) is 0. The second-order valence-electron chi connectivity index (χ2n) is 4.64. The summed E-state index contributed by atoms with van der Waals surface area (Å²) >= 11 is 3.40. The van der Waals surface area contributed by atoms with Crippen LogP contribution in [0.5, 0.6) is 0 Å². The van der Waals surface area contributed by atoms with Crippen LogP contribution in [0.15, 0.2) is 68.5 Å². The molecule has 0 saturated carbocycles. The van der Waals surface area contributed by atoms with Crippen LogP contribution in [-0.2, 0) is 0 Å². The maximum atomic E-state index is 11.4. The van der Waals surface area contributed by atoms with Gasteiger partial charge in [-0.2, -0.15) is 0 Å². The fourth-order valence-electron chi connectivity index (χ4n) is 2.39. The summed E-state index contributed by atoms with van der Waals surface area (Å²) < 4.78 is 5.33. The summed E-state index contributed by atoms with van der Waals surface area (Å²) in [5.41, 5.74) is 2.60. The Morgan fingerprint density at radius 3 is 2.10 bits per heavy atom. The van der Waals surface area contributed by atoms with E-state index in [1.807, 2.05) is 24.3 Å². The van der Waals surface area contributed by atoms with Gasteiger partial charge in [0.05, 0.1) is 0 Å². The topological polar surface area (TPSA) is 30.2 Å². The minimum Gasteiger partial charge on any atom is -0.423 e. The van der Waals surface area contributed by atoms with E-state index in [0.717, 1.165) is 10.9 Å². The first kappa shape index (κ1) is 12.6. The maximum absolute atomic E-state index is 11.4. The average molecular weight is 310 g/mol. The quantitative estimate of drug-likeness (QED) is 0.473. The van der Waals surface area contributed by atoms with E-state index in [9.17, 15) is 4.79 Å². The minimum absolute atomic E-state index is 0.316. The van der Waals surface area contributed by atoms with E-state index in [1.165, 1.54) is 21.4 Å². The van der Waals surface area contributed by atoms with Gasteiger partial charge < -0.3 is 4.42 Å². The summed E-state index contributed by atoms with van der Waals surface area (Å²) in [7, 11) is 0. The lowest BCUT2D eigenvalue weighted by Gasteiger charge is -2.08. The molecule has 0 atom stereocenters. The highest BCUT2D eigenvalue weighted by Crippen LogP contribution is 2.39. The van der Waals surface area contributed by atoms with Crippen molar-refractivity contribution in [3.05, 3.63) is 69.7 Å². The summed E-state index contributed by atoms with van der Waals surface area (Å²) in [5, 5.41) is 5.07. The molecule has 2 nitrogen and oxygen atoms in total. The third kappa shape index (κ3) is 2.22. The first-order chi connectivity index (χ1) is 10.3. The highest BCUT2D eigenvalue weighted by molar-refractivity contribution is 7.14. The molecule has 4 rings (SSSR count). The van der Waals surface area contributed by atoms with Crippen LogP contribution in [0, 0.1) is 0 Å². The predicted molar refractivity (Wildman–Crippen MR) is 89.1 cm³/mol. The Morgan fingerprint density at radius 2 is 1.48 bits per heavy atom. The molecule has 21 heavy (non-hydrogen) atoms. The van der Waals surface area contributed by atoms with Crippen molar-refractivity contribution in [3.63, 3.8) is 0 Å². The second-order valence-corrected chi connectivity index (χ2v) is 6.54. The molecule has 1 aromatic carbocycles. The van der Waals surface area contributed by atoms with Crippen molar-refractivity contribution < 1.29 is 4.42 Å². The van der Waals surface area contributed by atoms with Crippen LogP contribution < -0.4 is 5.63 Å². The minimum atomic E-state index is -0.316. The third-order valence-electron chi connectivity index (χ3n) is 3.33. The first-order valence-corrected chi connectivity index (χ1v) is 8.23. The lowest BCUT2D eigenvalue weighted by Crippen LogP contribution is -1.95. The Balaban J connectivity index is 2.08. The molecule has 102 valence electrons. The van der Waals surface area contributed by atoms with Gasteiger partial charge in [-0.1, -0.05) is 12.1 Å². The molecule has 0 aliphatic carbocycles. The van der Waals surface area contributed by atoms with E-state index in [1.54, 1.807) is 22.7 Å². The Labute approximate surface area is 128 Å². The van der Waals surface area contributed by atoms with E-state index in [-0.39, 0.29) is 5.63 Å². The molecule has 4 heteroatoms. The molecular weight excluding hydrogens is 300 g/mol. The van der Waals surface area contributed by atoms with Gasteiger partial charge in [0.2, 0.25) is 0 Å². The molecule has 0 amide bonds. The van der Waals surface area contributed by atoms with Crippen molar-refractivity contribution >= 4 is 33.6 Å². The van der Waals surface area contributed by atoms with Crippen LogP contribution in [0.25, 0.3) is 31.9 Å². The molecule has 0 aliphatic rings. The summed E-state index contributed by atoms with van der Waals surface area (Å²) in [6.07, 6.45) is 0. The van der Waals surface area contributed by atoms with Crippen molar-refractivity contribution in [2.75, 3.05) is 0 Å². The van der Waals surface area contributed by atoms with Crippen molar-refractivity contribution in [1.82, 2.24) is 0 Å². The molecule has 3 heterocycles. The van der Waals surface area contributed by atoms with E-state index in [4.69, 9.17) is 4.42 Å². The zero-order valence-electron chi connectivity index (χ0n) is 10.9. The van der Waals surface area contributed by atoms with Gasteiger partial charge in [-0.15, -0.1) is 22.7 Å². The number of benzene rings is 1. The van der Waals surface area contributed by atoms with Crippen LogP contribution >= 0.6 is 22.7 Å². The predicted octanol–water partition coefficient (Wildman–Crippen LogP) is 5.25. The van der Waals surface area contributed by atoms with Crippen molar-refractivity contribution in [3.8, 4) is 20.9 Å². The van der Waals surface area contributed by atoms with Crippen molar-refractivity contribution in [2.24, 2.45) is 0 Å². The Kier molecular flexibility index (Phi) is 2.98. The summed E-state index contributed by atoms with van der Waals surface area (Å²) in [5.74, 6) is 0. The van der Waals surface area contributed by atoms with E-state index in [2.05, 4.69) is 29.0 Å². The number of rotatable bonds is 2. The Hall–Kier alpha value is -2.17. The van der Waals surface area contributed by atoms with Gasteiger partial charge in [-0.25, -0.2) is 4.79 Å². The second kappa shape index (κ2) is 4.98. The molecule has 3 aromatic heterocycles. The van der Waals surface area contributed by atoms with Gasteiger partial charge in [-0.05, 0) is 41.1 Å². The Bertz CT molecular complexity index is 948. The fourth-order valence-corrected chi connectivity index (χ4v) is 3.90. The molecule has 0 radical (unpaired) electrons. The zero-order valence-corrected chi connectivity index (χ0v) is 12.5. The molecule has 0 spiro atoms. The van der Waals surface area contributed by atoms with Crippen LogP contribution in [0.4, 0.5) is 0 Å². The van der Waals surface area contributed by atoms with Gasteiger partial charge in [-0.3, -0.25) is 0 Å². The van der Waals surface area contributed by atoms with Crippen LogP contribution in [0.1, 0.15) is 0 Å². The molecule has 4 aromatic rings. The summed E-state index contributed by atoms with van der Waals surface area (Å²) in [4.78, 5) is 13.8. The monoisotopic (exact) mass is 310 g/mol. The maximum Gasteiger partial charge on any atom is 0.336 e. The molecular formula is C17H10O2S2. The SMILES string of the molecule is O=c1ccc2cc(-c3cccs3)c(-c3cccs3)cc2o1. The first-order valence-electron chi connectivity index (χ1n) is 6.47. The van der Waals surface area contributed by atoms with Gasteiger partial charge >= 0.3 is 5.63 Å². The average Bonchev–Trinajstić information content (AvgIpc) is 3.19. The normalized spacial score (nSPS) is 11.0. The lowest BCUT2D eigenvalue weighted by molar-refractivity contribution is 0.561. The van der Waals surface area contributed by atoms with E-state index < -0.39 is 0 Å². The van der Waals surface area contributed by atoms with Crippen LogP contribution in [0.3, 0.4) is 0 Å². The van der Waals surface area contributed by atoms with Gasteiger partial charge in [0.1, 0.15) is 5.58 Å². The van der Waals surface area contributed by atoms with Gasteiger partial charge in [0.15, 0.2) is 0 Å². The highest BCUT2D eigenvalue weighted by Gasteiger charge is 2.12. The molecule has 0 aliphatic heterocycles. The number of hydrogen-bond donors (Lipinski definition) is 0. The van der Waals surface area contributed by atoms with Crippen molar-refractivity contribution in [1.29, 1.82) is 0 Å². The highest BCUT2D eigenvalue weighted by atomic mass is 32.1. The smallest absolute Gasteiger partial charge is 0.336 e.